The summed E-state index contributed by atoms with van der Waals surface area (Å²) in [5, 5.41) is 22.7. The van der Waals surface area contributed by atoms with Gasteiger partial charge in [0.05, 0.1) is 18.8 Å². The van der Waals surface area contributed by atoms with Crippen molar-refractivity contribution in [3.8, 4) is 0 Å². The zero-order valence-electron chi connectivity index (χ0n) is 39.6. The molecule has 0 aliphatic heterocycles. The first-order valence-electron chi connectivity index (χ1n) is 26.6. The highest BCUT2D eigenvalue weighted by Gasteiger charge is 2.18. The second-order valence-electron chi connectivity index (χ2n) is 18.3. The molecule has 0 aliphatic rings. The molecule has 4 nitrogen and oxygen atoms in total. The Morgan fingerprint density at radius 2 is 0.655 bits per heavy atom. The fourth-order valence-electron chi connectivity index (χ4n) is 8.35. The maximum atomic E-state index is 12.3. The Kier molecular flexibility index (Phi) is 49.2. The Balaban J connectivity index is 3.26. The van der Waals surface area contributed by atoms with Gasteiger partial charge in [0.15, 0.2) is 0 Å². The van der Waals surface area contributed by atoms with E-state index in [0.717, 1.165) is 25.7 Å². The standard InChI is InChI=1S/C54H105NO3/c1-3-5-7-9-10-11-12-13-14-15-16-17-18-19-20-21-22-23-24-25-26-27-28-29-30-31-32-33-34-35-36-37-38-39-40-41-42-43-44-46-48-50-54(58)55-52(51-56)53(57)49-47-45-8-6-4-2/h15-16,47,49,52-53,56-57H,3-14,17-46,48,50-51H2,1-2H3,(H,55,58)/b16-15-,49-47+. The third-order valence-corrected chi connectivity index (χ3v) is 12.4. The third kappa shape index (κ3) is 45.9. The van der Waals surface area contributed by atoms with E-state index in [9.17, 15) is 15.0 Å². The molecule has 0 bridgehead atoms. The van der Waals surface area contributed by atoms with Crippen molar-refractivity contribution in [1.82, 2.24) is 5.32 Å². The van der Waals surface area contributed by atoms with Crippen LogP contribution in [-0.4, -0.2) is 34.9 Å². The van der Waals surface area contributed by atoms with Gasteiger partial charge in [-0.1, -0.05) is 269 Å². The minimum atomic E-state index is -0.831. The largest absolute Gasteiger partial charge is 0.394 e. The Morgan fingerprint density at radius 1 is 0.397 bits per heavy atom. The van der Waals surface area contributed by atoms with Gasteiger partial charge in [0.2, 0.25) is 5.91 Å². The van der Waals surface area contributed by atoms with Gasteiger partial charge in [-0.2, -0.15) is 0 Å². The van der Waals surface area contributed by atoms with E-state index in [4.69, 9.17) is 0 Å². The number of unbranched alkanes of at least 4 members (excludes halogenated alkanes) is 40. The Morgan fingerprint density at radius 3 is 0.983 bits per heavy atom. The van der Waals surface area contributed by atoms with Crippen LogP contribution in [0.15, 0.2) is 24.3 Å². The minimum absolute atomic E-state index is 0.0664. The van der Waals surface area contributed by atoms with E-state index in [1.807, 2.05) is 6.08 Å². The van der Waals surface area contributed by atoms with Crippen LogP contribution in [0.3, 0.4) is 0 Å². The highest BCUT2D eigenvalue weighted by Crippen LogP contribution is 2.17. The Labute approximate surface area is 364 Å². The third-order valence-electron chi connectivity index (χ3n) is 12.4. The number of nitrogens with one attached hydrogen (secondary N) is 1. The summed E-state index contributed by atoms with van der Waals surface area (Å²) >= 11 is 0. The van der Waals surface area contributed by atoms with Gasteiger partial charge in [-0.3, -0.25) is 4.79 Å². The van der Waals surface area contributed by atoms with Crippen LogP contribution in [0.25, 0.3) is 0 Å². The van der Waals surface area contributed by atoms with Gasteiger partial charge in [-0.05, 0) is 44.9 Å². The molecule has 0 radical (unpaired) electrons. The first-order valence-corrected chi connectivity index (χ1v) is 26.6. The summed E-state index contributed by atoms with van der Waals surface area (Å²) in [7, 11) is 0. The van der Waals surface area contributed by atoms with E-state index in [1.54, 1.807) is 6.08 Å². The van der Waals surface area contributed by atoms with Crippen molar-refractivity contribution in [1.29, 1.82) is 0 Å². The van der Waals surface area contributed by atoms with Crippen molar-refractivity contribution < 1.29 is 15.0 Å². The van der Waals surface area contributed by atoms with Crippen molar-refractivity contribution in [2.75, 3.05) is 6.61 Å². The number of allylic oxidation sites excluding steroid dienone is 3. The van der Waals surface area contributed by atoms with Gasteiger partial charge < -0.3 is 15.5 Å². The number of hydrogen-bond acceptors (Lipinski definition) is 3. The molecule has 0 rings (SSSR count). The van der Waals surface area contributed by atoms with Crippen LogP contribution in [0.4, 0.5) is 0 Å². The number of aliphatic hydroxyl groups excluding tert-OH is 2. The normalized spacial score (nSPS) is 13.0. The molecular weight excluding hydrogens is 711 g/mol. The monoisotopic (exact) mass is 816 g/mol. The van der Waals surface area contributed by atoms with E-state index in [0.29, 0.717) is 6.42 Å². The molecule has 0 aromatic heterocycles. The zero-order chi connectivity index (χ0) is 42.1. The molecule has 0 spiro atoms. The maximum absolute atomic E-state index is 12.3. The summed E-state index contributed by atoms with van der Waals surface area (Å²) in [4.78, 5) is 12.3. The van der Waals surface area contributed by atoms with E-state index in [2.05, 4.69) is 31.3 Å². The van der Waals surface area contributed by atoms with Crippen LogP contribution in [0.2, 0.25) is 0 Å². The quantitative estimate of drug-likeness (QED) is 0.0423. The topological polar surface area (TPSA) is 69.6 Å². The van der Waals surface area contributed by atoms with E-state index in [1.165, 1.54) is 250 Å². The molecule has 0 saturated carbocycles. The van der Waals surface area contributed by atoms with Gasteiger partial charge in [-0.25, -0.2) is 0 Å². The van der Waals surface area contributed by atoms with Gasteiger partial charge in [0.1, 0.15) is 0 Å². The maximum Gasteiger partial charge on any atom is 0.220 e. The number of carbonyl (C=O) groups excluding carboxylic acids is 1. The molecule has 0 saturated heterocycles. The molecule has 2 atom stereocenters. The molecule has 344 valence electrons. The number of aliphatic hydroxyl groups is 2. The first-order chi connectivity index (χ1) is 28.7. The number of carbonyl (C=O) groups is 1. The predicted molar refractivity (Wildman–Crippen MR) is 258 cm³/mol. The Bertz CT molecular complexity index is 840. The van der Waals surface area contributed by atoms with Crippen molar-refractivity contribution >= 4 is 5.91 Å². The number of rotatable bonds is 49. The summed E-state index contributed by atoms with van der Waals surface area (Å²) in [6.07, 6.45) is 66.9. The molecule has 0 fully saturated rings. The SMILES string of the molecule is CCCCC/C=C/C(O)C(CO)NC(=O)CCCCCCCCCCCCCCCCCCCCCCCCCCCCCCC/C=C\CCCCCCCCCC. The van der Waals surface area contributed by atoms with Crippen LogP contribution < -0.4 is 5.32 Å². The highest BCUT2D eigenvalue weighted by molar-refractivity contribution is 5.76. The van der Waals surface area contributed by atoms with Crippen LogP contribution >= 0.6 is 0 Å². The molecule has 0 aliphatic carbocycles. The van der Waals surface area contributed by atoms with Crippen molar-refractivity contribution in [3.63, 3.8) is 0 Å². The summed E-state index contributed by atoms with van der Waals surface area (Å²) < 4.78 is 0. The van der Waals surface area contributed by atoms with Gasteiger partial charge >= 0.3 is 0 Å². The lowest BCUT2D eigenvalue weighted by Crippen LogP contribution is -2.45. The second-order valence-corrected chi connectivity index (χ2v) is 18.3. The summed E-state index contributed by atoms with van der Waals surface area (Å²) in [5.74, 6) is -0.0664. The fraction of sp³-hybridized carbons (Fsp3) is 0.907. The fourth-order valence-corrected chi connectivity index (χ4v) is 8.35. The van der Waals surface area contributed by atoms with Gasteiger partial charge in [-0.15, -0.1) is 0 Å². The van der Waals surface area contributed by atoms with E-state index >= 15 is 0 Å². The molecule has 2 unspecified atom stereocenters. The number of hydrogen-bond donors (Lipinski definition) is 3. The highest BCUT2D eigenvalue weighted by atomic mass is 16.3. The molecule has 3 N–H and O–H groups in total. The predicted octanol–water partition coefficient (Wildman–Crippen LogP) is 17.1. The van der Waals surface area contributed by atoms with Crippen LogP contribution in [0.5, 0.6) is 0 Å². The Hall–Kier alpha value is -1.13. The van der Waals surface area contributed by atoms with Crippen LogP contribution in [-0.2, 0) is 4.79 Å². The van der Waals surface area contributed by atoms with Gasteiger partial charge in [0, 0.05) is 6.42 Å². The van der Waals surface area contributed by atoms with Gasteiger partial charge in [0.25, 0.3) is 0 Å². The smallest absolute Gasteiger partial charge is 0.220 e. The van der Waals surface area contributed by atoms with E-state index < -0.39 is 12.1 Å². The molecule has 58 heavy (non-hydrogen) atoms. The summed E-state index contributed by atoms with van der Waals surface area (Å²) in [5.41, 5.74) is 0. The minimum Gasteiger partial charge on any atom is -0.394 e. The zero-order valence-corrected chi connectivity index (χ0v) is 39.6. The lowest BCUT2D eigenvalue weighted by Gasteiger charge is -2.20. The molecule has 0 heterocycles. The van der Waals surface area contributed by atoms with Crippen molar-refractivity contribution in [2.45, 2.75) is 309 Å². The number of amides is 1. The van der Waals surface area contributed by atoms with E-state index in [-0.39, 0.29) is 12.5 Å². The average Bonchev–Trinajstić information content (AvgIpc) is 3.23. The van der Waals surface area contributed by atoms with Crippen LogP contribution in [0, 0.1) is 0 Å². The molecule has 0 aromatic rings. The molecule has 4 heteroatoms. The summed E-state index contributed by atoms with van der Waals surface area (Å²) in [6, 6.07) is -0.614. The summed E-state index contributed by atoms with van der Waals surface area (Å²) in [6.45, 7) is 4.22. The first kappa shape index (κ1) is 56.9. The molecule has 1 amide bonds. The van der Waals surface area contributed by atoms with Crippen LogP contribution in [0.1, 0.15) is 296 Å². The van der Waals surface area contributed by atoms with Crippen molar-refractivity contribution in [3.05, 3.63) is 24.3 Å². The second kappa shape index (κ2) is 50.2. The average molecular weight is 816 g/mol. The van der Waals surface area contributed by atoms with Crippen molar-refractivity contribution in [2.24, 2.45) is 0 Å². The molecular formula is C54H105NO3. The lowest BCUT2D eigenvalue weighted by molar-refractivity contribution is -0.123. The molecule has 0 aromatic carbocycles. The lowest BCUT2D eigenvalue weighted by atomic mass is 10.0.